The van der Waals surface area contributed by atoms with Crippen molar-refractivity contribution in [2.24, 2.45) is 0 Å². The molecular weight excluding hydrogens is 242 g/mol. The van der Waals surface area contributed by atoms with E-state index in [1.54, 1.807) is 0 Å². The molecule has 0 radical (unpaired) electrons. The highest BCUT2D eigenvalue weighted by atomic mass is 19.1. The van der Waals surface area contributed by atoms with Gasteiger partial charge in [0.2, 0.25) is 0 Å². The largest absolute Gasteiger partial charge is 0.396 e. The fourth-order valence-electron chi connectivity index (χ4n) is 1.42. The molecular formula is C11H10F2N4O. The lowest BCUT2D eigenvalue weighted by Gasteiger charge is -2.08. The molecule has 1 aromatic heterocycles. The Bertz CT molecular complexity index is 609. The molecule has 0 aliphatic rings. The summed E-state index contributed by atoms with van der Waals surface area (Å²) < 4.78 is 27.1. The minimum atomic E-state index is -0.857. The summed E-state index contributed by atoms with van der Waals surface area (Å²) >= 11 is 0. The van der Waals surface area contributed by atoms with Gasteiger partial charge in [-0.1, -0.05) is 6.07 Å². The number of aromatic amines is 1. The number of anilines is 2. The van der Waals surface area contributed by atoms with E-state index in [1.807, 2.05) is 0 Å². The zero-order valence-electron chi connectivity index (χ0n) is 9.42. The van der Waals surface area contributed by atoms with Gasteiger partial charge in [0.05, 0.1) is 11.9 Å². The number of benzene rings is 1. The Kier molecular flexibility index (Phi) is 2.97. The summed E-state index contributed by atoms with van der Waals surface area (Å²) in [7, 11) is 0. The minimum absolute atomic E-state index is 0.0460. The second-order valence-corrected chi connectivity index (χ2v) is 3.71. The maximum Gasteiger partial charge on any atom is 0.275 e. The van der Waals surface area contributed by atoms with Gasteiger partial charge in [0.1, 0.15) is 17.2 Å². The average molecular weight is 252 g/mol. The van der Waals surface area contributed by atoms with Crippen LogP contribution >= 0.6 is 0 Å². The van der Waals surface area contributed by atoms with Crippen LogP contribution < -0.4 is 11.1 Å². The van der Waals surface area contributed by atoms with Crippen molar-refractivity contribution in [1.82, 2.24) is 10.2 Å². The van der Waals surface area contributed by atoms with E-state index in [2.05, 4.69) is 15.5 Å². The molecule has 1 heterocycles. The molecule has 2 rings (SSSR count). The topological polar surface area (TPSA) is 83.8 Å². The first-order valence-electron chi connectivity index (χ1n) is 5.05. The number of aromatic nitrogens is 2. The molecule has 4 N–H and O–H groups in total. The van der Waals surface area contributed by atoms with Crippen molar-refractivity contribution in [2.45, 2.75) is 6.92 Å². The lowest BCUT2D eigenvalue weighted by molar-refractivity contribution is 0.102. The fourth-order valence-corrected chi connectivity index (χ4v) is 1.42. The van der Waals surface area contributed by atoms with E-state index in [0.29, 0.717) is 0 Å². The highest BCUT2D eigenvalue weighted by molar-refractivity contribution is 6.06. The van der Waals surface area contributed by atoms with Crippen LogP contribution in [0.2, 0.25) is 0 Å². The fraction of sp³-hybridized carbons (Fsp3) is 0.0909. The summed E-state index contributed by atoms with van der Waals surface area (Å²) in [5.74, 6) is -2.43. The first-order chi connectivity index (χ1) is 8.50. The number of amides is 1. The van der Waals surface area contributed by atoms with Crippen molar-refractivity contribution in [3.63, 3.8) is 0 Å². The Morgan fingerprint density at radius 2 is 2.17 bits per heavy atom. The van der Waals surface area contributed by atoms with Crippen LogP contribution in [0.15, 0.2) is 18.3 Å². The molecule has 5 nitrogen and oxygen atoms in total. The molecule has 0 bridgehead atoms. The Balaban J connectivity index is 2.33. The third-order valence-electron chi connectivity index (χ3n) is 2.42. The van der Waals surface area contributed by atoms with Gasteiger partial charge in [-0.05, 0) is 18.6 Å². The Morgan fingerprint density at radius 1 is 1.44 bits per heavy atom. The van der Waals surface area contributed by atoms with Crippen molar-refractivity contribution in [2.75, 3.05) is 11.1 Å². The molecule has 0 aliphatic heterocycles. The average Bonchev–Trinajstić information content (AvgIpc) is 2.76. The molecule has 18 heavy (non-hydrogen) atoms. The van der Waals surface area contributed by atoms with Crippen molar-refractivity contribution < 1.29 is 13.6 Å². The molecule has 0 fully saturated rings. The highest BCUT2D eigenvalue weighted by Crippen LogP contribution is 2.22. The van der Waals surface area contributed by atoms with E-state index in [9.17, 15) is 13.6 Å². The van der Waals surface area contributed by atoms with Crippen molar-refractivity contribution in [3.8, 4) is 0 Å². The number of rotatable bonds is 2. The molecule has 0 unspecified atom stereocenters. The lowest BCUT2D eigenvalue weighted by Crippen LogP contribution is -2.16. The first-order valence-corrected chi connectivity index (χ1v) is 5.05. The van der Waals surface area contributed by atoms with Crippen LogP contribution in [0.4, 0.5) is 20.2 Å². The zero-order valence-corrected chi connectivity index (χ0v) is 9.42. The van der Waals surface area contributed by atoms with Crippen molar-refractivity contribution in [3.05, 3.63) is 41.2 Å². The number of aryl methyl sites for hydroxylation is 1. The van der Waals surface area contributed by atoms with E-state index in [1.165, 1.54) is 19.2 Å². The smallest absolute Gasteiger partial charge is 0.275 e. The summed E-state index contributed by atoms with van der Waals surface area (Å²) in [5.41, 5.74) is 5.23. The number of hydrogen-bond donors (Lipinski definition) is 3. The minimum Gasteiger partial charge on any atom is -0.396 e. The second-order valence-electron chi connectivity index (χ2n) is 3.71. The third-order valence-corrected chi connectivity index (χ3v) is 2.42. The molecule has 0 atom stereocenters. The predicted octanol–water partition coefficient (Wildman–Crippen LogP) is 1.83. The van der Waals surface area contributed by atoms with Crippen molar-refractivity contribution in [1.29, 1.82) is 0 Å². The summed E-state index contributed by atoms with van der Waals surface area (Å²) in [5, 5.41) is 8.02. The van der Waals surface area contributed by atoms with Crippen LogP contribution in [0.3, 0.4) is 0 Å². The number of H-pyrrole nitrogens is 1. The number of carbonyl (C=O) groups excluding carboxylic acids is 1. The van der Waals surface area contributed by atoms with Crippen LogP contribution in [-0.4, -0.2) is 16.1 Å². The Morgan fingerprint density at radius 3 is 2.78 bits per heavy atom. The van der Waals surface area contributed by atoms with Crippen LogP contribution in [0.1, 0.15) is 16.1 Å². The van der Waals surface area contributed by atoms with Gasteiger partial charge in [-0.3, -0.25) is 9.89 Å². The molecule has 7 heteroatoms. The standard InChI is InChI=1S/C11H10F2N4O/c1-5-2-3-6(12)9(8(5)13)16-11(18)10-7(14)4-15-17-10/h2-4H,14H2,1H3,(H,15,17)(H,16,18). The summed E-state index contributed by atoms with van der Waals surface area (Å²) in [4.78, 5) is 11.7. The maximum absolute atomic E-state index is 13.7. The molecule has 0 aliphatic carbocycles. The number of halogens is 2. The van der Waals surface area contributed by atoms with Crippen LogP contribution in [0, 0.1) is 18.6 Å². The summed E-state index contributed by atoms with van der Waals surface area (Å²) in [6.07, 6.45) is 1.23. The predicted molar refractivity (Wildman–Crippen MR) is 62.0 cm³/mol. The number of nitrogens with zero attached hydrogens (tertiary/aromatic N) is 1. The van der Waals surface area contributed by atoms with Gasteiger partial charge in [0.25, 0.3) is 5.91 Å². The number of nitrogens with two attached hydrogens (primary N) is 1. The molecule has 1 amide bonds. The van der Waals surface area contributed by atoms with Gasteiger partial charge in [-0.15, -0.1) is 0 Å². The van der Waals surface area contributed by atoms with Crippen molar-refractivity contribution >= 4 is 17.3 Å². The lowest BCUT2D eigenvalue weighted by atomic mass is 10.2. The first kappa shape index (κ1) is 12.0. The molecule has 2 aromatic rings. The van der Waals surface area contributed by atoms with Gasteiger partial charge in [-0.2, -0.15) is 5.10 Å². The number of nitrogens with one attached hydrogen (secondary N) is 2. The summed E-state index contributed by atoms with van der Waals surface area (Å²) in [6, 6.07) is 2.36. The molecule has 0 saturated carbocycles. The van der Waals surface area contributed by atoms with Gasteiger partial charge in [0.15, 0.2) is 5.82 Å². The SMILES string of the molecule is Cc1ccc(F)c(NC(=O)c2[nH]ncc2N)c1F. The maximum atomic E-state index is 13.7. The molecule has 1 aromatic carbocycles. The Hall–Kier alpha value is -2.44. The van der Waals surface area contributed by atoms with Crippen LogP contribution in [0.25, 0.3) is 0 Å². The normalized spacial score (nSPS) is 10.4. The monoisotopic (exact) mass is 252 g/mol. The van der Waals surface area contributed by atoms with E-state index < -0.39 is 23.2 Å². The summed E-state index contributed by atoms with van der Waals surface area (Å²) in [6.45, 7) is 1.47. The quantitative estimate of drug-likeness (QED) is 0.762. The van der Waals surface area contributed by atoms with E-state index in [-0.39, 0.29) is 16.9 Å². The molecule has 94 valence electrons. The van der Waals surface area contributed by atoms with Crippen LogP contribution in [0.5, 0.6) is 0 Å². The number of nitrogen functional groups attached to an aromatic ring is 1. The number of hydrogen-bond acceptors (Lipinski definition) is 3. The molecule has 0 saturated heterocycles. The van der Waals surface area contributed by atoms with Gasteiger partial charge in [-0.25, -0.2) is 8.78 Å². The number of carbonyl (C=O) groups is 1. The Labute approximate surface area is 101 Å². The van der Waals surface area contributed by atoms with E-state index in [4.69, 9.17) is 5.73 Å². The van der Waals surface area contributed by atoms with Gasteiger partial charge < -0.3 is 11.1 Å². The highest BCUT2D eigenvalue weighted by Gasteiger charge is 2.17. The van der Waals surface area contributed by atoms with E-state index >= 15 is 0 Å². The third kappa shape index (κ3) is 2.02. The second kappa shape index (κ2) is 4.44. The molecule has 0 spiro atoms. The van der Waals surface area contributed by atoms with E-state index in [0.717, 1.165) is 6.07 Å². The van der Waals surface area contributed by atoms with Gasteiger partial charge in [0, 0.05) is 0 Å². The van der Waals surface area contributed by atoms with Gasteiger partial charge >= 0.3 is 0 Å². The van der Waals surface area contributed by atoms with Crippen LogP contribution in [-0.2, 0) is 0 Å². The zero-order chi connectivity index (χ0) is 13.3.